The highest BCUT2D eigenvalue weighted by Gasteiger charge is 2.24. The average molecular weight is 484 g/mol. The zero-order chi connectivity index (χ0) is 23.7. The lowest BCUT2D eigenvalue weighted by atomic mass is 10.2. The fraction of sp³-hybridized carbons (Fsp3) is 0.600. The summed E-state index contributed by atoms with van der Waals surface area (Å²) in [7, 11) is 5.01. The SMILES string of the molecule is CC(CCC(=O)N(C)[C@@H](C)C(=O)O)SSCCCCn1cc(CN2C(=O)C=CC2=O)nn1. The van der Waals surface area contributed by atoms with Gasteiger partial charge in [-0.05, 0) is 26.2 Å². The molecule has 0 bridgehead atoms. The van der Waals surface area contributed by atoms with E-state index in [1.807, 2.05) is 0 Å². The number of carboxylic acid groups (broad SMARTS) is 1. The summed E-state index contributed by atoms with van der Waals surface area (Å²) in [5.74, 6) is -0.864. The number of amides is 3. The standard InChI is InChI=1S/C20H29N5O5S2/c1-14(6-7-17(26)23(3)15(2)20(29)30)32-31-11-5-4-10-24-12-16(21-22-24)13-25-18(27)8-9-19(25)28/h8-9,12,14-15H,4-7,10-11,13H2,1-3H3,(H,29,30)/t14?,15-/m0/s1. The molecule has 1 unspecified atom stereocenters. The molecule has 0 aliphatic carbocycles. The fourth-order valence-electron chi connectivity index (χ4n) is 2.80. The van der Waals surface area contributed by atoms with Crippen LogP contribution in [0.15, 0.2) is 18.3 Å². The van der Waals surface area contributed by atoms with Gasteiger partial charge in [-0.2, -0.15) is 0 Å². The maximum atomic E-state index is 12.1. The molecule has 0 fully saturated rings. The second kappa shape index (κ2) is 12.6. The lowest BCUT2D eigenvalue weighted by Crippen LogP contribution is -2.40. The van der Waals surface area contributed by atoms with Crippen LogP contribution in [0, 0.1) is 0 Å². The molecule has 2 heterocycles. The number of aromatic nitrogens is 3. The third-order valence-electron chi connectivity index (χ3n) is 5.00. The van der Waals surface area contributed by atoms with E-state index < -0.39 is 12.0 Å². The van der Waals surface area contributed by atoms with Gasteiger partial charge in [0.25, 0.3) is 11.8 Å². The first-order valence-corrected chi connectivity index (χ1v) is 12.8. The van der Waals surface area contributed by atoms with Crippen LogP contribution in [0.5, 0.6) is 0 Å². The molecule has 2 atom stereocenters. The van der Waals surface area contributed by atoms with Gasteiger partial charge in [0.2, 0.25) is 5.91 Å². The van der Waals surface area contributed by atoms with Crippen molar-refractivity contribution in [1.82, 2.24) is 24.8 Å². The Kier molecular flexibility index (Phi) is 10.2. The smallest absolute Gasteiger partial charge is 0.326 e. The van der Waals surface area contributed by atoms with Crippen molar-refractivity contribution in [3.63, 3.8) is 0 Å². The van der Waals surface area contributed by atoms with Crippen LogP contribution in [0.4, 0.5) is 0 Å². The van der Waals surface area contributed by atoms with E-state index in [9.17, 15) is 19.2 Å². The molecule has 3 amide bonds. The number of rotatable bonds is 14. The Hall–Kier alpha value is -2.34. The molecular formula is C20H29N5O5S2. The molecule has 1 aliphatic heterocycles. The summed E-state index contributed by atoms with van der Waals surface area (Å²) in [5, 5.41) is 17.3. The number of aliphatic carboxylic acids is 1. The third-order valence-corrected chi connectivity index (χ3v) is 8.05. The van der Waals surface area contributed by atoms with Crippen molar-refractivity contribution in [3.05, 3.63) is 24.0 Å². The van der Waals surface area contributed by atoms with Gasteiger partial charge in [0, 0.05) is 43.2 Å². The summed E-state index contributed by atoms with van der Waals surface area (Å²) in [6.45, 7) is 4.40. The lowest BCUT2D eigenvalue weighted by molar-refractivity contribution is -0.148. The van der Waals surface area contributed by atoms with Gasteiger partial charge < -0.3 is 10.0 Å². The van der Waals surface area contributed by atoms with Gasteiger partial charge in [0.15, 0.2) is 0 Å². The van der Waals surface area contributed by atoms with E-state index in [1.165, 1.54) is 31.0 Å². The van der Waals surface area contributed by atoms with Crippen LogP contribution in [0.3, 0.4) is 0 Å². The minimum Gasteiger partial charge on any atom is -0.480 e. The van der Waals surface area contributed by atoms with Gasteiger partial charge in [-0.1, -0.05) is 33.7 Å². The van der Waals surface area contributed by atoms with Crippen molar-refractivity contribution in [1.29, 1.82) is 0 Å². The molecule has 12 heteroatoms. The second-order valence-electron chi connectivity index (χ2n) is 7.56. The van der Waals surface area contributed by atoms with Crippen LogP contribution < -0.4 is 0 Å². The van der Waals surface area contributed by atoms with Gasteiger partial charge >= 0.3 is 5.97 Å². The maximum Gasteiger partial charge on any atom is 0.326 e. The number of nitrogens with zero attached hydrogens (tertiary/aromatic N) is 5. The van der Waals surface area contributed by atoms with Gasteiger partial charge in [-0.3, -0.25) is 24.0 Å². The van der Waals surface area contributed by atoms with Gasteiger partial charge in [0.05, 0.1) is 12.7 Å². The molecule has 2 rings (SSSR count). The molecule has 1 aromatic rings. The molecule has 1 aliphatic rings. The Labute approximate surface area is 195 Å². The van der Waals surface area contributed by atoms with Gasteiger partial charge in [-0.15, -0.1) is 5.10 Å². The molecule has 0 saturated heterocycles. The Balaban J connectivity index is 1.55. The van der Waals surface area contributed by atoms with Gasteiger partial charge in [0.1, 0.15) is 11.7 Å². The molecule has 0 saturated carbocycles. The van der Waals surface area contributed by atoms with E-state index in [0.717, 1.165) is 23.5 Å². The molecule has 32 heavy (non-hydrogen) atoms. The Morgan fingerprint density at radius 2 is 1.88 bits per heavy atom. The molecule has 10 nitrogen and oxygen atoms in total. The highest BCUT2D eigenvalue weighted by Crippen LogP contribution is 2.30. The summed E-state index contributed by atoms with van der Waals surface area (Å²) in [4.78, 5) is 48.6. The van der Waals surface area contributed by atoms with Crippen LogP contribution in [0.1, 0.15) is 45.2 Å². The summed E-state index contributed by atoms with van der Waals surface area (Å²) < 4.78 is 1.72. The lowest BCUT2D eigenvalue weighted by Gasteiger charge is -2.22. The van der Waals surface area contributed by atoms with Crippen molar-refractivity contribution in [2.45, 2.75) is 63.9 Å². The number of carbonyl (C=O) groups excluding carboxylic acids is 3. The Morgan fingerprint density at radius 1 is 1.19 bits per heavy atom. The van der Waals surface area contributed by atoms with Crippen LogP contribution in [-0.4, -0.2) is 77.7 Å². The number of aryl methyl sites for hydroxylation is 1. The van der Waals surface area contributed by atoms with Crippen LogP contribution in [0.25, 0.3) is 0 Å². The van der Waals surface area contributed by atoms with E-state index in [4.69, 9.17) is 5.11 Å². The molecular weight excluding hydrogens is 454 g/mol. The topological polar surface area (TPSA) is 126 Å². The molecule has 176 valence electrons. The third kappa shape index (κ3) is 7.97. The number of hydrogen-bond acceptors (Lipinski definition) is 8. The highest BCUT2D eigenvalue weighted by molar-refractivity contribution is 8.76. The maximum absolute atomic E-state index is 12.1. The monoisotopic (exact) mass is 483 g/mol. The minimum absolute atomic E-state index is 0.128. The zero-order valence-electron chi connectivity index (χ0n) is 18.5. The average Bonchev–Trinajstić information content (AvgIpc) is 3.34. The number of carbonyl (C=O) groups is 4. The van der Waals surface area contributed by atoms with Crippen LogP contribution in [0.2, 0.25) is 0 Å². The van der Waals surface area contributed by atoms with Crippen LogP contribution >= 0.6 is 21.6 Å². The quantitative estimate of drug-likeness (QED) is 0.240. The normalized spacial score (nSPS) is 15.3. The summed E-state index contributed by atoms with van der Waals surface area (Å²) in [6.07, 6.45) is 7.20. The zero-order valence-corrected chi connectivity index (χ0v) is 20.1. The second-order valence-corrected chi connectivity index (χ2v) is 10.5. The number of imide groups is 1. The van der Waals surface area contributed by atoms with Crippen LogP contribution in [-0.2, 0) is 32.3 Å². The Morgan fingerprint density at radius 3 is 2.53 bits per heavy atom. The molecule has 1 aromatic heterocycles. The van der Waals surface area contributed by atoms with E-state index in [1.54, 1.807) is 32.5 Å². The largest absolute Gasteiger partial charge is 0.480 e. The van der Waals surface area contributed by atoms with Crippen molar-refractivity contribution >= 4 is 45.3 Å². The molecule has 1 N–H and O–H groups in total. The fourth-order valence-corrected chi connectivity index (χ4v) is 5.29. The summed E-state index contributed by atoms with van der Waals surface area (Å²) in [5.41, 5.74) is 0.576. The minimum atomic E-state index is -1.00. The Bertz CT molecular complexity index is 841. The summed E-state index contributed by atoms with van der Waals surface area (Å²) >= 11 is 0. The first kappa shape index (κ1) is 25.9. The number of unbranched alkanes of at least 4 members (excludes halogenated alkanes) is 1. The van der Waals surface area contributed by atoms with Crippen molar-refractivity contribution in [3.8, 4) is 0 Å². The number of hydrogen-bond donors (Lipinski definition) is 1. The first-order chi connectivity index (χ1) is 15.2. The predicted molar refractivity (Wildman–Crippen MR) is 123 cm³/mol. The highest BCUT2D eigenvalue weighted by atomic mass is 33.1. The molecule has 0 radical (unpaired) electrons. The van der Waals surface area contributed by atoms with E-state index in [-0.39, 0.29) is 24.3 Å². The number of likely N-dealkylation sites (N-methyl/N-ethyl adjacent to an activating group) is 1. The van der Waals surface area contributed by atoms with Gasteiger partial charge in [-0.25, -0.2) is 4.79 Å². The van der Waals surface area contributed by atoms with Crippen molar-refractivity contribution < 1.29 is 24.3 Å². The van der Waals surface area contributed by atoms with Crippen molar-refractivity contribution in [2.24, 2.45) is 0 Å². The molecule has 0 aromatic carbocycles. The summed E-state index contributed by atoms with van der Waals surface area (Å²) in [6, 6.07) is -0.817. The first-order valence-electron chi connectivity index (χ1n) is 10.4. The predicted octanol–water partition coefficient (Wildman–Crippen LogP) is 1.96. The molecule has 0 spiro atoms. The number of carboxylic acids is 1. The van der Waals surface area contributed by atoms with Crippen molar-refractivity contribution in [2.75, 3.05) is 12.8 Å². The van der Waals surface area contributed by atoms with E-state index in [0.29, 0.717) is 30.3 Å². The van der Waals surface area contributed by atoms with E-state index >= 15 is 0 Å². The van der Waals surface area contributed by atoms with E-state index in [2.05, 4.69) is 17.2 Å².